The number of hydrogen-bond donors (Lipinski definition) is 2. The van der Waals surface area contributed by atoms with E-state index in [1.54, 1.807) is 18.2 Å². The van der Waals surface area contributed by atoms with Crippen LogP contribution in [-0.4, -0.2) is 23.9 Å². The second kappa shape index (κ2) is 7.08. The van der Waals surface area contributed by atoms with E-state index in [4.69, 9.17) is 39.0 Å². The molecule has 0 atom stereocenters. The van der Waals surface area contributed by atoms with Crippen molar-refractivity contribution in [2.75, 3.05) is 7.11 Å². The molecular weight excluding hydrogens is 277 g/mol. The van der Waals surface area contributed by atoms with Crippen LogP contribution in [0.3, 0.4) is 0 Å². The molecule has 1 aromatic carbocycles. The maximum Gasteiger partial charge on any atom is 0.139 e. The summed E-state index contributed by atoms with van der Waals surface area (Å²) in [5.74, 6) is 0.124. The predicted octanol–water partition coefficient (Wildman–Crippen LogP) is 2.87. The molecule has 3 N–H and O–H groups in total. The molecule has 1 rings (SSSR count). The van der Waals surface area contributed by atoms with E-state index in [0.717, 1.165) is 5.56 Å². The lowest BCUT2D eigenvalue weighted by atomic mass is 10.1. The minimum absolute atomic E-state index is 0.124. The smallest absolute Gasteiger partial charge is 0.139 e. The Balaban J connectivity index is 2.91. The number of halogens is 2. The fourth-order valence-electron chi connectivity index (χ4n) is 1.32. The summed E-state index contributed by atoms with van der Waals surface area (Å²) >= 11 is 11.8. The molecule has 98 valence electrons. The van der Waals surface area contributed by atoms with Gasteiger partial charge in [-0.3, -0.25) is 0 Å². The molecule has 0 unspecified atom stereocenters. The zero-order valence-corrected chi connectivity index (χ0v) is 11.2. The molecule has 1 aromatic rings. The number of rotatable bonds is 5. The first-order valence-electron chi connectivity index (χ1n) is 5.10. The Kier molecular flexibility index (Phi) is 5.74. The maximum absolute atomic E-state index is 8.48. The number of hydrogen-bond acceptors (Lipinski definition) is 4. The molecule has 0 amide bonds. The van der Waals surface area contributed by atoms with Crippen LogP contribution in [0, 0.1) is 0 Å². The second-order valence-corrected chi connectivity index (χ2v) is 4.26. The summed E-state index contributed by atoms with van der Waals surface area (Å²) in [5.41, 5.74) is 6.82. The van der Waals surface area contributed by atoms with Crippen molar-refractivity contribution in [2.24, 2.45) is 16.0 Å². The standard InChI is InChI=1S/C11H13Cl2N3O2/c1-18-16-10(4-5-11(14)15-17)7-2-3-8(12)9(13)6-7/h2-3,6,17H,4-5H2,1H3,(H2,14,15). The van der Waals surface area contributed by atoms with Gasteiger partial charge in [0.25, 0.3) is 0 Å². The Labute approximate surface area is 115 Å². The second-order valence-electron chi connectivity index (χ2n) is 3.44. The first kappa shape index (κ1) is 14.6. The Morgan fingerprint density at radius 3 is 2.61 bits per heavy atom. The first-order chi connectivity index (χ1) is 8.58. The number of nitrogens with two attached hydrogens (primary N) is 1. The van der Waals surface area contributed by atoms with Gasteiger partial charge < -0.3 is 15.8 Å². The first-order valence-corrected chi connectivity index (χ1v) is 5.86. The summed E-state index contributed by atoms with van der Waals surface area (Å²) in [5, 5.41) is 16.2. The molecule has 0 heterocycles. The molecule has 0 saturated carbocycles. The van der Waals surface area contributed by atoms with E-state index in [1.165, 1.54) is 7.11 Å². The monoisotopic (exact) mass is 289 g/mol. The van der Waals surface area contributed by atoms with Crippen molar-refractivity contribution in [3.63, 3.8) is 0 Å². The quantitative estimate of drug-likeness (QED) is 0.379. The summed E-state index contributed by atoms with van der Waals surface area (Å²) in [6.07, 6.45) is 0.820. The number of benzene rings is 1. The zero-order valence-electron chi connectivity index (χ0n) is 9.73. The third-order valence-corrected chi connectivity index (χ3v) is 2.94. The molecular formula is C11H13Cl2N3O2. The van der Waals surface area contributed by atoms with Crippen LogP contribution < -0.4 is 5.73 Å². The van der Waals surface area contributed by atoms with Crippen LogP contribution in [0.2, 0.25) is 10.0 Å². The highest BCUT2D eigenvalue weighted by molar-refractivity contribution is 6.42. The van der Waals surface area contributed by atoms with Gasteiger partial charge in [-0.15, -0.1) is 0 Å². The molecule has 0 aliphatic rings. The minimum Gasteiger partial charge on any atom is -0.409 e. The van der Waals surface area contributed by atoms with Gasteiger partial charge in [-0.05, 0) is 12.1 Å². The van der Waals surface area contributed by atoms with E-state index < -0.39 is 0 Å². The van der Waals surface area contributed by atoms with Crippen molar-refractivity contribution < 1.29 is 10.0 Å². The normalized spacial score (nSPS) is 12.6. The lowest BCUT2D eigenvalue weighted by Crippen LogP contribution is -2.14. The molecule has 0 saturated heterocycles. The highest BCUT2D eigenvalue weighted by Gasteiger charge is 2.08. The Morgan fingerprint density at radius 1 is 1.33 bits per heavy atom. The van der Waals surface area contributed by atoms with Gasteiger partial charge in [0.2, 0.25) is 0 Å². The largest absolute Gasteiger partial charge is 0.409 e. The minimum atomic E-state index is 0.124. The van der Waals surface area contributed by atoms with Crippen molar-refractivity contribution in [3.05, 3.63) is 33.8 Å². The molecule has 0 radical (unpaired) electrons. The van der Waals surface area contributed by atoms with Crippen molar-refractivity contribution in [1.29, 1.82) is 0 Å². The van der Waals surface area contributed by atoms with Crippen LogP contribution in [0.5, 0.6) is 0 Å². The van der Waals surface area contributed by atoms with Gasteiger partial charge in [0.15, 0.2) is 0 Å². The van der Waals surface area contributed by atoms with Gasteiger partial charge in [0.05, 0.1) is 15.8 Å². The molecule has 5 nitrogen and oxygen atoms in total. The van der Waals surface area contributed by atoms with Gasteiger partial charge in [-0.1, -0.05) is 39.6 Å². The third kappa shape index (κ3) is 4.09. The third-order valence-electron chi connectivity index (χ3n) is 2.20. The molecule has 0 bridgehead atoms. The van der Waals surface area contributed by atoms with E-state index in [-0.39, 0.29) is 5.84 Å². The summed E-state index contributed by atoms with van der Waals surface area (Å²) in [6, 6.07) is 5.14. The molecule has 7 heteroatoms. The van der Waals surface area contributed by atoms with Crippen LogP contribution in [-0.2, 0) is 4.84 Å². The van der Waals surface area contributed by atoms with E-state index >= 15 is 0 Å². The van der Waals surface area contributed by atoms with E-state index in [2.05, 4.69) is 10.3 Å². The fourth-order valence-corrected chi connectivity index (χ4v) is 1.62. The predicted molar refractivity (Wildman–Crippen MR) is 72.7 cm³/mol. The topological polar surface area (TPSA) is 80.2 Å². The SMILES string of the molecule is CON=C(CCC(N)=NO)c1ccc(Cl)c(Cl)c1. The number of oxime groups is 2. The fraction of sp³-hybridized carbons (Fsp3) is 0.273. The average Bonchev–Trinajstić information content (AvgIpc) is 2.37. The molecule has 0 aliphatic carbocycles. The number of nitrogens with zero attached hydrogens (tertiary/aromatic N) is 2. The molecule has 0 fully saturated rings. The molecule has 0 aliphatic heterocycles. The average molecular weight is 290 g/mol. The Hall–Kier alpha value is -1.46. The zero-order chi connectivity index (χ0) is 13.5. The number of amidine groups is 1. The Morgan fingerprint density at radius 2 is 2.06 bits per heavy atom. The van der Waals surface area contributed by atoms with Crippen LogP contribution in [0.25, 0.3) is 0 Å². The highest BCUT2D eigenvalue weighted by atomic mass is 35.5. The summed E-state index contributed by atoms with van der Waals surface area (Å²) in [7, 11) is 1.45. The van der Waals surface area contributed by atoms with Gasteiger partial charge in [-0.2, -0.15) is 0 Å². The van der Waals surface area contributed by atoms with E-state index in [1.807, 2.05) is 0 Å². The van der Waals surface area contributed by atoms with E-state index in [0.29, 0.717) is 28.6 Å². The van der Waals surface area contributed by atoms with Gasteiger partial charge in [0.1, 0.15) is 12.9 Å². The van der Waals surface area contributed by atoms with Crippen molar-refractivity contribution in [1.82, 2.24) is 0 Å². The molecule has 0 spiro atoms. The van der Waals surface area contributed by atoms with Crippen molar-refractivity contribution >= 4 is 34.7 Å². The maximum atomic E-state index is 8.48. The summed E-state index contributed by atoms with van der Waals surface area (Å²) in [6.45, 7) is 0. The molecule has 18 heavy (non-hydrogen) atoms. The van der Waals surface area contributed by atoms with Gasteiger partial charge >= 0.3 is 0 Å². The van der Waals surface area contributed by atoms with Crippen LogP contribution in [0.4, 0.5) is 0 Å². The van der Waals surface area contributed by atoms with Crippen LogP contribution in [0.15, 0.2) is 28.5 Å². The van der Waals surface area contributed by atoms with Gasteiger partial charge in [-0.25, -0.2) is 0 Å². The van der Waals surface area contributed by atoms with Crippen molar-refractivity contribution in [2.45, 2.75) is 12.8 Å². The lowest BCUT2D eigenvalue weighted by molar-refractivity contribution is 0.213. The van der Waals surface area contributed by atoms with E-state index in [9.17, 15) is 0 Å². The van der Waals surface area contributed by atoms with Gasteiger partial charge in [0, 0.05) is 18.4 Å². The molecule has 0 aromatic heterocycles. The van der Waals surface area contributed by atoms with Crippen molar-refractivity contribution in [3.8, 4) is 0 Å². The van der Waals surface area contributed by atoms with Crippen LogP contribution >= 0.6 is 23.2 Å². The summed E-state index contributed by atoms with van der Waals surface area (Å²) in [4.78, 5) is 4.76. The highest BCUT2D eigenvalue weighted by Crippen LogP contribution is 2.23. The Bertz CT molecular complexity index is 475. The summed E-state index contributed by atoms with van der Waals surface area (Å²) < 4.78 is 0. The lowest BCUT2D eigenvalue weighted by Gasteiger charge is -2.06. The van der Waals surface area contributed by atoms with Crippen LogP contribution in [0.1, 0.15) is 18.4 Å².